The number of phenolic OH excluding ortho intramolecular Hbond substituents is 1. The number of carbonyl (C=O) groups excluding carboxylic acids is 2. The largest absolute Gasteiger partial charge is 0.508 e. The van der Waals surface area contributed by atoms with Crippen LogP contribution in [-0.2, 0) is 16.1 Å². The van der Waals surface area contributed by atoms with Crippen LogP contribution in [0.5, 0.6) is 5.75 Å². The van der Waals surface area contributed by atoms with Crippen LogP contribution in [0.15, 0.2) is 54.6 Å². The van der Waals surface area contributed by atoms with E-state index in [-0.39, 0.29) is 23.6 Å². The third-order valence-corrected chi connectivity index (χ3v) is 4.61. The summed E-state index contributed by atoms with van der Waals surface area (Å²) in [5, 5.41) is 13.7. The zero-order valence-electron chi connectivity index (χ0n) is 12.8. The molecule has 6 nitrogen and oxygen atoms in total. The maximum atomic E-state index is 12.3. The van der Waals surface area contributed by atoms with Gasteiger partial charge in [-0.3, -0.25) is 14.9 Å². The van der Waals surface area contributed by atoms with Crippen molar-refractivity contribution in [1.29, 1.82) is 0 Å². The number of nitrogens with one attached hydrogen (secondary N) is 2. The molecule has 6 heteroatoms. The number of nitrogens with zero attached hydrogens (tertiary/aromatic N) is 1. The molecule has 2 aliphatic rings. The minimum Gasteiger partial charge on any atom is -0.508 e. The van der Waals surface area contributed by atoms with Gasteiger partial charge in [0.05, 0.1) is 12.0 Å². The first-order valence-corrected chi connectivity index (χ1v) is 7.84. The quantitative estimate of drug-likeness (QED) is 0.737. The first-order chi connectivity index (χ1) is 11.6. The lowest BCUT2D eigenvalue weighted by Gasteiger charge is -2.22. The molecular weight excluding hydrogens is 306 g/mol. The SMILES string of the molecule is O=C1NC(=O)C2C1C(c1ccc(O)cc1)NN2Cc1ccccc1. The van der Waals surface area contributed by atoms with Gasteiger partial charge in [-0.25, -0.2) is 10.4 Å². The van der Waals surface area contributed by atoms with Crippen LogP contribution in [0.4, 0.5) is 0 Å². The molecule has 2 heterocycles. The number of hydrogen-bond donors (Lipinski definition) is 3. The Kier molecular flexibility index (Phi) is 3.55. The van der Waals surface area contributed by atoms with E-state index in [1.165, 1.54) is 0 Å². The minimum absolute atomic E-state index is 0.168. The Balaban J connectivity index is 1.66. The molecule has 3 atom stereocenters. The van der Waals surface area contributed by atoms with Crippen molar-refractivity contribution in [2.24, 2.45) is 5.92 Å². The smallest absolute Gasteiger partial charge is 0.246 e. The molecule has 24 heavy (non-hydrogen) atoms. The molecular formula is C18H17N3O3. The molecule has 4 rings (SSSR count). The topological polar surface area (TPSA) is 81.7 Å². The Bertz CT molecular complexity index is 776. The first kappa shape index (κ1) is 14.9. The van der Waals surface area contributed by atoms with E-state index in [4.69, 9.17) is 0 Å². The molecule has 0 aliphatic carbocycles. The summed E-state index contributed by atoms with van der Waals surface area (Å²) in [6.45, 7) is 0.525. The Morgan fingerprint density at radius 3 is 2.38 bits per heavy atom. The third kappa shape index (κ3) is 2.46. The summed E-state index contributed by atoms with van der Waals surface area (Å²) < 4.78 is 0. The number of fused-ring (bicyclic) bond motifs is 1. The van der Waals surface area contributed by atoms with Crippen molar-refractivity contribution in [2.45, 2.75) is 18.6 Å². The standard InChI is InChI=1S/C18H17N3O3/c22-13-8-6-12(7-9-13)15-14-16(18(24)19-17(14)23)21(20-15)10-11-4-2-1-3-5-11/h1-9,14-16,20,22H,10H2,(H,19,23,24). The number of benzene rings is 2. The highest BCUT2D eigenvalue weighted by Crippen LogP contribution is 2.37. The second-order valence-corrected chi connectivity index (χ2v) is 6.14. The summed E-state index contributed by atoms with van der Waals surface area (Å²) in [5.74, 6) is -0.840. The summed E-state index contributed by atoms with van der Waals surface area (Å²) in [6.07, 6.45) is 0. The van der Waals surface area contributed by atoms with E-state index < -0.39 is 12.0 Å². The molecule has 0 spiro atoms. The Morgan fingerprint density at radius 1 is 0.958 bits per heavy atom. The van der Waals surface area contributed by atoms with Crippen molar-refractivity contribution < 1.29 is 14.7 Å². The average molecular weight is 323 g/mol. The van der Waals surface area contributed by atoms with Gasteiger partial charge in [0.25, 0.3) is 0 Å². The van der Waals surface area contributed by atoms with Crippen LogP contribution < -0.4 is 10.7 Å². The van der Waals surface area contributed by atoms with Crippen molar-refractivity contribution in [3.05, 3.63) is 65.7 Å². The van der Waals surface area contributed by atoms with Crippen LogP contribution in [0.3, 0.4) is 0 Å². The highest BCUT2D eigenvalue weighted by molar-refractivity contribution is 6.07. The van der Waals surface area contributed by atoms with E-state index in [0.717, 1.165) is 11.1 Å². The lowest BCUT2D eigenvalue weighted by atomic mass is 9.91. The van der Waals surface area contributed by atoms with E-state index in [1.807, 2.05) is 35.3 Å². The van der Waals surface area contributed by atoms with E-state index in [1.54, 1.807) is 24.3 Å². The maximum Gasteiger partial charge on any atom is 0.246 e. The fourth-order valence-electron chi connectivity index (χ4n) is 3.48. The average Bonchev–Trinajstić information content (AvgIpc) is 3.09. The highest BCUT2D eigenvalue weighted by atomic mass is 16.3. The summed E-state index contributed by atoms with van der Waals surface area (Å²) in [4.78, 5) is 24.5. The predicted octanol–water partition coefficient (Wildman–Crippen LogP) is 1.09. The summed E-state index contributed by atoms with van der Waals surface area (Å²) >= 11 is 0. The monoisotopic (exact) mass is 323 g/mol. The molecule has 2 aromatic carbocycles. The van der Waals surface area contributed by atoms with Gasteiger partial charge in [-0.2, -0.15) is 0 Å². The molecule has 0 radical (unpaired) electrons. The normalized spacial score (nSPS) is 26.4. The fraction of sp³-hybridized carbons (Fsp3) is 0.222. The van der Waals surface area contributed by atoms with Crippen LogP contribution >= 0.6 is 0 Å². The van der Waals surface area contributed by atoms with Gasteiger partial charge in [0, 0.05) is 6.54 Å². The predicted molar refractivity (Wildman–Crippen MR) is 86.4 cm³/mol. The molecule has 0 aromatic heterocycles. The molecule has 0 bridgehead atoms. The van der Waals surface area contributed by atoms with Gasteiger partial charge < -0.3 is 5.11 Å². The lowest BCUT2D eigenvalue weighted by molar-refractivity contribution is -0.127. The first-order valence-electron chi connectivity index (χ1n) is 7.84. The summed E-state index contributed by atoms with van der Waals surface area (Å²) in [6, 6.07) is 15.7. The van der Waals surface area contributed by atoms with Crippen molar-refractivity contribution in [3.8, 4) is 5.75 Å². The molecule has 2 aliphatic heterocycles. The number of rotatable bonds is 3. The number of amides is 2. The maximum absolute atomic E-state index is 12.3. The number of carbonyl (C=O) groups is 2. The highest BCUT2D eigenvalue weighted by Gasteiger charge is 2.54. The Hall–Kier alpha value is -2.70. The van der Waals surface area contributed by atoms with Gasteiger partial charge in [0.2, 0.25) is 11.8 Å². The van der Waals surface area contributed by atoms with Crippen molar-refractivity contribution in [2.75, 3.05) is 0 Å². The van der Waals surface area contributed by atoms with Crippen LogP contribution in [0.25, 0.3) is 0 Å². The second kappa shape index (κ2) is 5.74. The van der Waals surface area contributed by atoms with Gasteiger partial charge in [-0.1, -0.05) is 42.5 Å². The zero-order valence-corrected chi connectivity index (χ0v) is 12.8. The molecule has 2 aromatic rings. The number of hydrazine groups is 1. The Morgan fingerprint density at radius 2 is 1.67 bits per heavy atom. The van der Waals surface area contributed by atoms with Crippen LogP contribution in [0, 0.1) is 5.92 Å². The molecule has 0 saturated carbocycles. The van der Waals surface area contributed by atoms with Crippen molar-refractivity contribution in [3.63, 3.8) is 0 Å². The zero-order chi connectivity index (χ0) is 16.7. The van der Waals surface area contributed by atoms with Gasteiger partial charge in [0.15, 0.2) is 0 Å². The van der Waals surface area contributed by atoms with Crippen LogP contribution in [0.2, 0.25) is 0 Å². The molecule has 2 fully saturated rings. The van der Waals surface area contributed by atoms with Crippen LogP contribution in [-0.4, -0.2) is 28.0 Å². The molecule has 3 N–H and O–H groups in total. The van der Waals surface area contributed by atoms with E-state index in [9.17, 15) is 14.7 Å². The fourth-order valence-corrected chi connectivity index (χ4v) is 3.48. The number of phenols is 1. The lowest BCUT2D eigenvalue weighted by Crippen LogP contribution is -2.43. The minimum atomic E-state index is -0.531. The summed E-state index contributed by atoms with van der Waals surface area (Å²) in [5.41, 5.74) is 5.23. The van der Waals surface area contributed by atoms with Crippen LogP contribution in [0.1, 0.15) is 17.2 Å². The molecule has 3 unspecified atom stereocenters. The van der Waals surface area contributed by atoms with E-state index in [2.05, 4.69) is 10.7 Å². The van der Waals surface area contributed by atoms with E-state index >= 15 is 0 Å². The number of hydrogen-bond acceptors (Lipinski definition) is 5. The number of aromatic hydroxyl groups is 1. The molecule has 122 valence electrons. The third-order valence-electron chi connectivity index (χ3n) is 4.61. The van der Waals surface area contributed by atoms with Crippen molar-refractivity contribution in [1.82, 2.24) is 15.8 Å². The second-order valence-electron chi connectivity index (χ2n) is 6.14. The van der Waals surface area contributed by atoms with Gasteiger partial charge >= 0.3 is 0 Å². The van der Waals surface area contributed by atoms with Crippen molar-refractivity contribution >= 4 is 11.8 Å². The number of imide groups is 1. The van der Waals surface area contributed by atoms with Gasteiger partial charge in [0.1, 0.15) is 11.8 Å². The van der Waals surface area contributed by atoms with Gasteiger partial charge in [-0.05, 0) is 23.3 Å². The molecule has 2 saturated heterocycles. The summed E-state index contributed by atoms with van der Waals surface area (Å²) in [7, 11) is 0. The van der Waals surface area contributed by atoms with E-state index in [0.29, 0.717) is 6.54 Å². The van der Waals surface area contributed by atoms with Gasteiger partial charge in [-0.15, -0.1) is 0 Å². The molecule has 2 amide bonds. The Labute approximate surface area is 139 Å².